The molecule has 1 aliphatic heterocycles. The Labute approximate surface area is 101 Å². The highest BCUT2D eigenvalue weighted by atomic mass is 19.3. The van der Waals surface area contributed by atoms with Crippen molar-refractivity contribution in [1.82, 2.24) is 9.80 Å². The quantitative estimate of drug-likeness (QED) is 0.540. The van der Waals surface area contributed by atoms with Gasteiger partial charge in [-0.3, -0.25) is 0 Å². The maximum absolute atomic E-state index is 13.7. The van der Waals surface area contributed by atoms with E-state index in [1.807, 2.05) is 0 Å². The molecule has 0 radical (unpaired) electrons. The van der Waals surface area contributed by atoms with Crippen molar-refractivity contribution >= 4 is 0 Å². The van der Waals surface area contributed by atoms with E-state index in [4.69, 9.17) is 0 Å². The van der Waals surface area contributed by atoms with Crippen molar-refractivity contribution < 1.29 is 31.4 Å². The maximum atomic E-state index is 13.7. The van der Waals surface area contributed by atoms with Crippen LogP contribution in [0.4, 0.5) is 22.0 Å². The van der Waals surface area contributed by atoms with Crippen molar-refractivity contribution in [2.24, 2.45) is 0 Å². The van der Waals surface area contributed by atoms with Gasteiger partial charge in [0.05, 0.1) is 13.2 Å². The third-order valence-electron chi connectivity index (χ3n) is 2.65. The molecule has 1 unspecified atom stereocenters. The zero-order valence-electron chi connectivity index (χ0n) is 10.0. The van der Waals surface area contributed by atoms with Crippen LogP contribution in [-0.4, -0.2) is 68.8 Å². The second-order valence-corrected chi connectivity index (χ2v) is 3.76. The second kappa shape index (κ2) is 5.64. The third kappa shape index (κ3) is 2.58. The van der Waals surface area contributed by atoms with E-state index in [2.05, 4.69) is 9.47 Å². The SMILES string of the molecule is COCCN1C(F)C(F)(F)N(CCOC)C1(F)F. The molecule has 108 valence electrons. The molecule has 0 saturated carbocycles. The molecule has 1 fully saturated rings. The number of hydrogen-bond acceptors (Lipinski definition) is 4. The van der Waals surface area contributed by atoms with E-state index in [9.17, 15) is 22.0 Å². The van der Waals surface area contributed by atoms with Crippen molar-refractivity contribution in [3.8, 4) is 0 Å². The van der Waals surface area contributed by atoms with Gasteiger partial charge in [-0.15, -0.1) is 0 Å². The van der Waals surface area contributed by atoms with Crippen LogP contribution in [0.5, 0.6) is 0 Å². The highest BCUT2D eigenvalue weighted by molar-refractivity contribution is 4.93. The fourth-order valence-corrected chi connectivity index (χ4v) is 1.69. The summed E-state index contributed by atoms with van der Waals surface area (Å²) >= 11 is 0. The van der Waals surface area contributed by atoms with Gasteiger partial charge in [0.1, 0.15) is 0 Å². The Morgan fingerprint density at radius 3 is 2.00 bits per heavy atom. The van der Waals surface area contributed by atoms with Crippen LogP contribution in [0, 0.1) is 0 Å². The van der Waals surface area contributed by atoms with Gasteiger partial charge >= 0.3 is 12.2 Å². The first kappa shape index (κ1) is 15.5. The third-order valence-corrected chi connectivity index (χ3v) is 2.65. The van der Waals surface area contributed by atoms with Crippen LogP contribution in [0.2, 0.25) is 0 Å². The highest BCUT2D eigenvalue weighted by Gasteiger charge is 2.70. The molecule has 1 saturated heterocycles. The van der Waals surface area contributed by atoms with E-state index in [0.717, 1.165) is 0 Å². The molecule has 9 heteroatoms. The Bertz CT molecular complexity index is 280. The monoisotopic (exact) mass is 278 g/mol. The number of halogens is 5. The van der Waals surface area contributed by atoms with Crippen molar-refractivity contribution in [3.05, 3.63) is 0 Å². The molecule has 1 atom stereocenters. The van der Waals surface area contributed by atoms with E-state index in [1.165, 1.54) is 14.2 Å². The van der Waals surface area contributed by atoms with Gasteiger partial charge in [0, 0.05) is 27.3 Å². The summed E-state index contributed by atoms with van der Waals surface area (Å²) in [5, 5.41) is 0. The summed E-state index contributed by atoms with van der Waals surface area (Å²) in [7, 11) is 2.39. The standard InChI is InChI=1S/C9H15F5N2O2/c1-17-5-3-15-7(10)8(11,12)16(4-6-18-2)9(15,13)14/h7H,3-6H2,1-2H3. The summed E-state index contributed by atoms with van der Waals surface area (Å²) in [5.74, 6) is 0. The van der Waals surface area contributed by atoms with E-state index < -0.39 is 36.5 Å². The fraction of sp³-hybridized carbons (Fsp3) is 1.00. The average Bonchev–Trinajstić information content (AvgIpc) is 2.40. The van der Waals surface area contributed by atoms with E-state index >= 15 is 0 Å². The molecule has 0 N–H and O–H groups in total. The smallest absolute Gasteiger partial charge is 0.376 e. The molecular weight excluding hydrogens is 263 g/mol. The predicted octanol–water partition coefficient (Wildman–Crippen LogP) is 1.34. The van der Waals surface area contributed by atoms with Crippen molar-refractivity contribution in [1.29, 1.82) is 0 Å². The Morgan fingerprint density at radius 1 is 1.00 bits per heavy atom. The maximum Gasteiger partial charge on any atom is 0.376 e. The van der Waals surface area contributed by atoms with Crippen molar-refractivity contribution in [2.45, 2.75) is 18.5 Å². The number of methoxy groups -OCH3 is 2. The van der Waals surface area contributed by atoms with Gasteiger partial charge < -0.3 is 9.47 Å². The normalized spacial score (nSPS) is 27.8. The van der Waals surface area contributed by atoms with Gasteiger partial charge in [0.15, 0.2) is 0 Å². The lowest BCUT2D eigenvalue weighted by atomic mass is 10.4. The van der Waals surface area contributed by atoms with Gasteiger partial charge in [-0.2, -0.15) is 27.4 Å². The van der Waals surface area contributed by atoms with Crippen LogP contribution in [0.3, 0.4) is 0 Å². The molecular formula is C9H15F5N2O2. The first-order valence-electron chi connectivity index (χ1n) is 5.22. The van der Waals surface area contributed by atoms with Gasteiger partial charge in [0.25, 0.3) is 0 Å². The van der Waals surface area contributed by atoms with Crippen molar-refractivity contribution in [3.63, 3.8) is 0 Å². The minimum atomic E-state index is -4.27. The second-order valence-electron chi connectivity index (χ2n) is 3.76. The number of alkyl halides is 5. The predicted molar refractivity (Wildman–Crippen MR) is 52.0 cm³/mol. The molecule has 0 aromatic heterocycles. The summed E-state index contributed by atoms with van der Waals surface area (Å²) in [6, 6.07) is -4.27. The minimum absolute atomic E-state index is 0.216. The van der Waals surface area contributed by atoms with Crippen LogP contribution < -0.4 is 0 Å². The summed E-state index contributed by atoms with van der Waals surface area (Å²) < 4.78 is 76.6. The Balaban J connectivity index is 2.89. The van der Waals surface area contributed by atoms with E-state index in [1.54, 1.807) is 0 Å². The lowest BCUT2D eigenvalue weighted by molar-refractivity contribution is -0.261. The summed E-state index contributed by atoms with van der Waals surface area (Å²) in [6.45, 7) is -2.04. The molecule has 0 aliphatic carbocycles. The zero-order valence-corrected chi connectivity index (χ0v) is 10.0. The van der Waals surface area contributed by atoms with E-state index in [-0.39, 0.29) is 18.1 Å². The van der Waals surface area contributed by atoms with Crippen molar-refractivity contribution in [2.75, 3.05) is 40.5 Å². The fourth-order valence-electron chi connectivity index (χ4n) is 1.69. The van der Waals surface area contributed by atoms with Crippen LogP contribution >= 0.6 is 0 Å². The highest BCUT2D eigenvalue weighted by Crippen LogP contribution is 2.46. The summed E-state index contributed by atoms with van der Waals surface area (Å²) in [6.07, 6.45) is -7.17. The molecule has 0 aromatic carbocycles. The molecule has 0 amide bonds. The Hall–Kier alpha value is -0.510. The summed E-state index contributed by atoms with van der Waals surface area (Å²) in [4.78, 5) is -0.712. The van der Waals surface area contributed by atoms with Gasteiger partial charge in [-0.1, -0.05) is 0 Å². The van der Waals surface area contributed by atoms with Crippen LogP contribution in [0.25, 0.3) is 0 Å². The molecule has 0 bridgehead atoms. The Morgan fingerprint density at radius 2 is 1.50 bits per heavy atom. The number of hydrogen-bond donors (Lipinski definition) is 0. The molecule has 0 spiro atoms. The number of ether oxygens (including phenoxy) is 2. The van der Waals surface area contributed by atoms with Gasteiger partial charge in [-0.05, 0) is 0 Å². The topological polar surface area (TPSA) is 24.9 Å². The average molecular weight is 278 g/mol. The zero-order chi connectivity index (χ0) is 14.0. The van der Waals surface area contributed by atoms with Crippen LogP contribution in [-0.2, 0) is 9.47 Å². The number of rotatable bonds is 6. The Kier molecular flexibility index (Phi) is 4.87. The van der Waals surface area contributed by atoms with Crippen LogP contribution in [0.1, 0.15) is 0 Å². The minimum Gasteiger partial charge on any atom is -0.383 e. The molecule has 1 aliphatic rings. The number of nitrogens with zero attached hydrogens (tertiary/aromatic N) is 2. The van der Waals surface area contributed by atoms with Gasteiger partial charge in [0.2, 0.25) is 6.30 Å². The molecule has 1 rings (SSSR count). The summed E-state index contributed by atoms with van der Waals surface area (Å²) in [5.41, 5.74) is 0. The molecule has 18 heavy (non-hydrogen) atoms. The lowest BCUT2D eigenvalue weighted by Crippen LogP contribution is -2.51. The molecule has 0 aromatic rings. The first-order valence-corrected chi connectivity index (χ1v) is 5.22. The van der Waals surface area contributed by atoms with Gasteiger partial charge in [-0.25, -0.2) is 4.39 Å². The molecule has 1 heterocycles. The van der Waals surface area contributed by atoms with E-state index in [0.29, 0.717) is 0 Å². The largest absolute Gasteiger partial charge is 0.383 e. The van der Waals surface area contributed by atoms with Crippen LogP contribution in [0.15, 0.2) is 0 Å². The molecule has 4 nitrogen and oxygen atoms in total. The lowest BCUT2D eigenvalue weighted by Gasteiger charge is -2.28. The first-order chi connectivity index (χ1) is 8.30.